The molecule has 0 aromatic carbocycles. The molecule has 0 aromatic heterocycles. The van der Waals surface area contributed by atoms with Crippen molar-refractivity contribution in [3.63, 3.8) is 0 Å². The van der Waals surface area contributed by atoms with Crippen LogP contribution in [0.25, 0.3) is 0 Å². The predicted octanol–water partition coefficient (Wildman–Crippen LogP) is 0.352. The number of hydrogen-bond donors (Lipinski definition) is 4. The van der Waals surface area contributed by atoms with E-state index in [9.17, 15) is 19.8 Å². The lowest BCUT2D eigenvalue weighted by molar-refractivity contribution is -0.151. The van der Waals surface area contributed by atoms with Gasteiger partial charge in [0.25, 0.3) is 0 Å². The Hall–Kier alpha value is -0.790. The van der Waals surface area contributed by atoms with E-state index in [2.05, 4.69) is 5.32 Å². The zero-order valence-electron chi connectivity index (χ0n) is 10.8. The van der Waals surface area contributed by atoms with Crippen LogP contribution in [0.3, 0.4) is 0 Å². The Bertz CT molecular complexity index is 363. The van der Waals surface area contributed by atoms with Crippen molar-refractivity contribution < 1.29 is 24.9 Å². The van der Waals surface area contributed by atoms with E-state index in [1.165, 1.54) is 25.6 Å². The molecule has 0 aromatic rings. The van der Waals surface area contributed by atoms with Crippen molar-refractivity contribution in [2.75, 3.05) is 0 Å². The third-order valence-corrected chi connectivity index (χ3v) is 4.54. The first kappa shape index (κ1) is 15.3. The maximum Gasteiger partial charge on any atom is 0.322 e. The molecular formula is C11H19NO5S. The number of carbonyl (C=O) groups is 2. The maximum absolute atomic E-state index is 11.3. The van der Waals surface area contributed by atoms with E-state index in [0.717, 1.165) is 0 Å². The van der Waals surface area contributed by atoms with Gasteiger partial charge < -0.3 is 15.3 Å². The summed E-state index contributed by atoms with van der Waals surface area (Å²) in [5.41, 5.74) is -1.43. The molecule has 0 amide bonds. The molecule has 0 spiro atoms. The zero-order chi connectivity index (χ0) is 14.3. The number of carboxylic acid groups (broad SMARTS) is 2. The number of carboxylic acids is 2. The summed E-state index contributed by atoms with van der Waals surface area (Å²) in [6.07, 6.45) is 0. The quantitative estimate of drug-likeness (QED) is 0.587. The Balaban J connectivity index is 2.99. The number of aliphatic carboxylic acids is 2. The Morgan fingerprint density at radius 1 is 1.33 bits per heavy atom. The van der Waals surface area contributed by atoms with Gasteiger partial charge in [0, 0.05) is 4.75 Å². The van der Waals surface area contributed by atoms with Crippen LogP contribution in [0.1, 0.15) is 27.7 Å². The summed E-state index contributed by atoms with van der Waals surface area (Å²) in [4.78, 5) is 22.4. The lowest BCUT2D eigenvalue weighted by Crippen LogP contribution is -2.51. The first-order chi connectivity index (χ1) is 7.97. The SMILES string of the molecule is CC(C)(O)C(C(=O)O)C1NC(C(=O)O)C(C)(C)S1. The topological polar surface area (TPSA) is 107 Å². The summed E-state index contributed by atoms with van der Waals surface area (Å²) in [6, 6.07) is -0.836. The molecule has 7 heteroatoms. The second-order valence-corrected chi connectivity index (χ2v) is 7.35. The Morgan fingerprint density at radius 3 is 2.11 bits per heavy atom. The number of rotatable bonds is 4. The highest BCUT2D eigenvalue weighted by Gasteiger charge is 2.52. The molecule has 104 valence electrons. The first-order valence-electron chi connectivity index (χ1n) is 5.58. The molecule has 1 aliphatic heterocycles. The van der Waals surface area contributed by atoms with Gasteiger partial charge in [-0.3, -0.25) is 14.9 Å². The summed E-state index contributed by atoms with van der Waals surface area (Å²) in [5, 5.41) is 30.4. The molecule has 0 aliphatic carbocycles. The monoisotopic (exact) mass is 277 g/mol. The van der Waals surface area contributed by atoms with Gasteiger partial charge in [-0.2, -0.15) is 0 Å². The largest absolute Gasteiger partial charge is 0.481 e. The second kappa shape index (κ2) is 4.71. The van der Waals surface area contributed by atoms with Gasteiger partial charge in [-0.25, -0.2) is 0 Å². The van der Waals surface area contributed by atoms with E-state index in [0.29, 0.717) is 0 Å². The normalized spacial score (nSPS) is 28.9. The molecule has 1 fully saturated rings. The molecule has 1 rings (SSSR count). The molecule has 0 saturated carbocycles. The van der Waals surface area contributed by atoms with Crippen molar-refractivity contribution in [1.82, 2.24) is 5.32 Å². The highest BCUT2D eigenvalue weighted by Crippen LogP contribution is 2.43. The molecule has 3 unspecified atom stereocenters. The molecular weight excluding hydrogens is 258 g/mol. The number of hydrogen-bond acceptors (Lipinski definition) is 5. The Kier molecular flexibility index (Phi) is 4.00. The first-order valence-corrected chi connectivity index (χ1v) is 6.46. The Morgan fingerprint density at radius 2 is 1.83 bits per heavy atom. The number of aliphatic hydroxyl groups is 1. The van der Waals surface area contributed by atoms with Crippen molar-refractivity contribution in [2.45, 2.75) is 49.5 Å². The van der Waals surface area contributed by atoms with Crippen LogP contribution in [-0.2, 0) is 9.59 Å². The summed E-state index contributed by atoms with van der Waals surface area (Å²) >= 11 is 1.23. The average molecular weight is 277 g/mol. The minimum absolute atomic E-state index is 0.630. The van der Waals surface area contributed by atoms with Crippen molar-refractivity contribution >= 4 is 23.7 Å². The van der Waals surface area contributed by atoms with Crippen molar-refractivity contribution in [3.8, 4) is 0 Å². The molecule has 1 saturated heterocycles. The third kappa shape index (κ3) is 2.96. The standard InChI is InChI=1S/C11H19NO5S/c1-10(2,17)5(8(13)14)7-12-6(9(15)16)11(3,4)18-7/h5-7,12,17H,1-4H3,(H,13,14)(H,15,16). The van der Waals surface area contributed by atoms with Gasteiger partial charge in [0.2, 0.25) is 0 Å². The van der Waals surface area contributed by atoms with Crippen LogP contribution in [0.4, 0.5) is 0 Å². The minimum Gasteiger partial charge on any atom is -0.481 e. The second-order valence-electron chi connectivity index (χ2n) is 5.55. The van der Waals surface area contributed by atoms with Crippen molar-refractivity contribution in [1.29, 1.82) is 0 Å². The van der Waals surface area contributed by atoms with Crippen LogP contribution >= 0.6 is 11.8 Å². The van der Waals surface area contributed by atoms with Gasteiger partial charge in [0.05, 0.1) is 11.0 Å². The van der Waals surface area contributed by atoms with E-state index < -0.39 is 39.6 Å². The highest BCUT2D eigenvalue weighted by atomic mass is 32.2. The van der Waals surface area contributed by atoms with E-state index in [-0.39, 0.29) is 0 Å². The van der Waals surface area contributed by atoms with Crippen molar-refractivity contribution in [3.05, 3.63) is 0 Å². The average Bonchev–Trinajstić information content (AvgIpc) is 2.37. The van der Waals surface area contributed by atoms with E-state index in [4.69, 9.17) is 5.11 Å². The molecule has 3 atom stereocenters. The molecule has 1 aliphatic rings. The smallest absolute Gasteiger partial charge is 0.322 e. The summed E-state index contributed by atoms with van der Waals surface area (Å²) in [5.74, 6) is -3.24. The fourth-order valence-corrected chi connectivity index (χ4v) is 3.88. The van der Waals surface area contributed by atoms with Crippen LogP contribution in [-0.4, -0.2) is 49.0 Å². The fourth-order valence-electron chi connectivity index (χ4n) is 2.13. The van der Waals surface area contributed by atoms with Gasteiger partial charge in [-0.05, 0) is 27.7 Å². The van der Waals surface area contributed by atoms with Gasteiger partial charge in [-0.15, -0.1) is 11.8 Å². The molecule has 4 N–H and O–H groups in total. The number of nitrogens with one attached hydrogen (secondary N) is 1. The molecule has 1 heterocycles. The van der Waals surface area contributed by atoms with E-state index >= 15 is 0 Å². The maximum atomic E-state index is 11.3. The van der Waals surface area contributed by atoms with Gasteiger partial charge in [0.1, 0.15) is 12.0 Å². The molecule has 18 heavy (non-hydrogen) atoms. The lowest BCUT2D eigenvalue weighted by Gasteiger charge is -2.30. The Labute approximate surface area is 110 Å². The summed E-state index contributed by atoms with van der Waals surface area (Å²) in [6.45, 7) is 6.31. The van der Waals surface area contributed by atoms with E-state index in [1.807, 2.05) is 0 Å². The molecule has 0 radical (unpaired) electrons. The van der Waals surface area contributed by atoms with Crippen LogP contribution in [0.2, 0.25) is 0 Å². The van der Waals surface area contributed by atoms with Crippen LogP contribution in [0.15, 0.2) is 0 Å². The van der Waals surface area contributed by atoms with Gasteiger partial charge in [0.15, 0.2) is 0 Å². The minimum atomic E-state index is -1.43. The number of thioether (sulfide) groups is 1. The van der Waals surface area contributed by atoms with E-state index in [1.54, 1.807) is 13.8 Å². The molecule has 0 bridgehead atoms. The fraction of sp³-hybridized carbons (Fsp3) is 0.818. The lowest BCUT2D eigenvalue weighted by atomic mass is 9.90. The van der Waals surface area contributed by atoms with Crippen LogP contribution < -0.4 is 5.32 Å². The highest BCUT2D eigenvalue weighted by molar-refractivity contribution is 8.01. The predicted molar refractivity (Wildman–Crippen MR) is 67.4 cm³/mol. The molecule has 6 nitrogen and oxygen atoms in total. The van der Waals surface area contributed by atoms with Crippen LogP contribution in [0, 0.1) is 5.92 Å². The summed E-state index contributed by atoms with van der Waals surface area (Å²) < 4.78 is -0.630. The van der Waals surface area contributed by atoms with Crippen LogP contribution in [0.5, 0.6) is 0 Å². The van der Waals surface area contributed by atoms with Gasteiger partial charge in [-0.1, -0.05) is 0 Å². The van der Waals surface area contributed by atoms with Crippen molar-refractivity contribution in [2.24, 2.45) is 5.92 Å². The zero-order valence-corrected chi connectivity index (χ0v) is 11.6. The van der Waals surface area contributed by atoms with Gasteiger partial charge >= 0.3 is 11.9 Å². The third-order valence-electron chi connectivity index (χ3n) is 3.03. The summed E-state index contributed by atoms with van der Waals surface area (Å²) in [7, 11) is 0.